The van der Waals surface area contributed by atoms with Gasteiger partial charge in [0.25, 0.3) is 0 Å². The van der Waals surface area contributed by atoms with Crippen LogP contribution in [0.4, 0.5) is 0 Å². The van der Waals surface area contributed by atoms with Crippen molar-refractivity contribution in [2.24, 2.45) is 0 Å². The van der Waals surface area contributed by atoms with Gasteiger partial charge in [0, 0.05) is 0 Å². The molecule has 1 aromatic carbocycles. The highest BCUT2D eigenvalue weighted by atomic mass is 16.5. The summed E-state index contributed by atoms with van der Waals surface area (Å²) in [5.41, 5.74) is 3.26. The first kappa shape index (κ1) is 12.1. The van der Waals surface area contributed by atoms with Gasteiger partial charge in [-0.2, -0.15) is 0 Å². The molecule has 0 aliphatic rings. The van der Waals surface area contributed by atoms with Crippen molar-refractivity contribution in [3.05, 3.63) is 28.8 Å². The molecule has 0 aliphatic heterocycles. The van der Waals surface area contributed by atoms with Gasteiger partial charge in [-0.05, 0) is 49.1 Å². The molecule has 0 radical (unpaired) electrons. The molecule has 1 unspecified atom stereocenters. The van der Waals surface area contributed by atoms with E-state index in [0.29, 0.717) is 0 Å². The molecule has 0 bridgehead atoms. The van der Waals surface area contributed by atoms with Crippen LogP contribution in [0.5, 0.6) is 5.75 Å². The standard InChI is InChI=1S/C13H20O2/c1-5-6-12(14)13-9(2)7-11(15-4)8-10(13)3/h7-8,12,14H,5-6H2,1-4H3. The van der Waals surface area contributed by atoms with E-state index in [1.807, 2.05) is 26.0 Å². The Labute approximate surface area is 91.9 Å². The van der Waals surface area contributed by atoms with Crippen molar-refractivity contribution in [3.8, 4) is 5.75 Å². The topological polar surface area (TPSA) is 29.5 Å². The lowest BCUT2D eigenvalue weighted by Gasteiger charge is -2.17. The summed E-state index contributed by atoms with van der Waals surface area (Å²) in [7, 11) is 1.66. The van der Waals surface area contributed by atoms with Crippen LogP contribution in [0.3, 0.4) is 0 Å². The van der Waals surface area contributed by atoms with Gasteiger partial charge in [-0.25, -0.2) is 0 Å². The van der Waals surface area contributed by atoms with Crippen LogP contribution in [-0.2, 0) is 0 Å². The van der Waals surface area contributed by atoms with E-state index < -0.39 is 0 Å². The van der Waals surface area contributed by atoms with E-state index in [4.69, 9.17) is 4.74 Å². The first-order chi connectivity index (χ1) is 7.10. The minimum atomic E-state index is -0.346. The minimum absolute atomic E-state index is 0.346. The number of aryl methyl sites for hydroxylation is 2. The number of hydrogen-bond donors (Lipinski definition) is 1. The Morgan fingerprint density at radius 2 is 1.80 bits per heavy atom. The fourth-order valence-electron chi connectivity index (χ4n) is 2.00. The zero-order valence-electron chi connectivity index (χ0n) is 10.0. The summed E-state index contributed by atoms with van der Waals surface area (Å²) in [4.78, 5) is 0. The number of methoxy groups -OCH3 is 1. The molecular weight excluding hydrogens is 188 g/mol. The summed E-state index contributed by atoms with van der Waals surface area (Å²) in [6.45, 7) is 6.12. The van der Waals surface area contributed by atoms with Gasteiger partial charge in [0.1, 0.15) is 5.75 Å². The number of hydrogen-bond acceptors (Lipinski definition) is 2. The van der Waals surface area contributed by atoms with Crippen LogP contribution in [-0.4, -0.2) is 12.2 Å². The lowest BCUT2D eigenvalue weighted by molar-refractivity contribution is 0.165. The van der Waals surface area contributed by atoms with E-state index in [9.17, 15) is 5.11 Å². The summed E-state index contributed by atoms with van der Waals surface area (Å²) in [5, 5.41) is 10.0. The molecule has 0 spiro atoms. The Bertz CT molecular complexity index is 308. The number of benzene rings is 1. The summed E-state index contributed by atoms with van der Waals surface area (Å²) < 4.78 is 5.19. The van der Waals surface area contributed by atoms with Crippen LogP contribution in [0.25, 0.3) is 0 Å². The SMILES string of the molecule is CCCC(O)c1c(C)cc(OC)cc1C. The maximum absolute atomic E-state index is 10.0. The van der Waals surface area contributed by atoms with Crippen molar-refractivity contribution in [1.82, 2.24) is 0 Å². The average Bonchev–Trinajstić information content (AvgIpc) is 2.16. The van der Waals surface area contributed by atoms with Crippen LogP contribution in [0, 0.1) is 13.8 Å². The normalized spacial score (nSPS) is 12.6. The van der Waals surface area contributed by atoms with Gasteiger partial charge in [0.15, 0.2) is 0 Å². The molecule has 0 fully saturated rings. The number of rotatable bonds is 4. The minimum Gasteiger partial charge on any atom is -0.497 e. The van der Waals surface area contributed by atoms with Gasteiger partial charge in [-0.3, -0.25) is 0 Å². The van der Waals surface area contributed by atoms with Crippen LogP contribution < -0.4 is 4.74 Å². The van der Waals surface area contributed by atoms with Crippen molar-refractivity contribution in [2.45, 2.75) is 39.7 Å². The second kappa shape index (κ2) is 5.17. The molecule has 1 atom stereocenters. The number of ether oxygens (including phenoxy) is 1. The lowest BCUT2D eigenvalue weighted by Crippen LogP contribution is -2.03. The van der Waals surface area contributed by atoms with E-state index in [-0.39, 0.29) is 6.10 Å². The third-order valence-electron chi connectivity index (χ3n) is 2.70. The molecule has 0 aromatic heterocycles. The fraction of sp³-hybridized carbons (Fsp3) is 0.538. The quantitative estimate of drug-likeness (QED) is 0.823. The largest absolute Gasteiger partial charge is 0.497 e. The van der Waals surface area contributed by atoms with Crippen molar-refractivity contribution < 1.29 is 9.84 Å². The van der Waals surface area contributed by atoms with Crippen LogP contribution in [0.1, 0.15) is 42.6 Å². The van der Waals surface area contributed by atoms with Crippen LogP contribution >= 0.6 is 0 Å². The summed E-state index contributed by atoms with van der Waals surface area (Å²) in [5.74, 6) is 0.859. The maximum atomic E-state index is 10.0. The molecule has 0 saturated carbocycles. The van der Waals surface area contributed by atoms with Crippen LogP contribution in [0.2, 0.25) is 0 Å². The molecular formula is C13H20O2. The van der Waals surface area contributed by atoms with Gasteiger partial charge in [-0.1, -0.05) is 13.3 Å². The van der Waals surface area contributed by atoms with E-state index in [1.54, 1.807) is 7.11 Å². The van der Waals surface area contributed by atoms with Crippen molar-refractivity contribution in [2.75, 3.05) is 7.11 Å². The molecule has 15 heavy (non-hydrogen) atoms. The molecule has 1 aromatic rings. The van der Waals surface area contributed by atoms with E-state index in [1.165, 1.54) is 0 Å². The van der Waals surface area contributed by atoms with Crippen molar-refractivity contribution in [1.29, 1.82) is 0 Å². The highest BCUT2D eigenvalue weighted by Crippen LogP contribution is 2.29. The van der Waals surface area contributed by atoms with Gasteiger partial charge in [0.05, 0.1) is 13.2 Å². The predicted molar refractivity (Wildman–Crippen MR) is 62.3 cm³/mol. The molecule has 0 heterocycles. The molecule has 0 amide bonds. The second-order valence-corrected chi connectivity index (χ2v) is 3.98. The van der Waals surface area contributed by atoms with Gasteiger partial charge in [-0.15, -0.1) is 0 Å². The first-order valence-corrected chi connectivity index (χ1v) is 5.43. The molecule has 2 heteroatoms. The van der Waals surface area contributed by atoms with E-state index >= 15 is 0 Å². The zero-order valence-corrected chi connectivity index (χ0v) is 10.0. The third kappa shape index (κ3) is 2.72. The summed E-state index contributed by atoms with van der Waals surface area (Å²) >= 11 is 0. The predicted octanol–water partition coefficient (Wildman–Crippen LogP) is 3.15. The Morgan fingerprint density at radius 3 is 2.20 bits per heavy atom. The maximum Gasteiger partial charge on any atom is 0.119 e. The molecule has 0 saturated heterocycles. The lowest BCUT2D eigenvalue weighted by atomic mass is 9.95. The van der Waals surface area contributed by atoms with Crippen molar-refractivity contribution in [3.63, 3.8) is 0 Å². The Balaban J connectivity index is 3.07. The molecule has 2 nitrogen and oxygen atoms in total. The number of aliphatic hydroxyl groups is 1. The highest BCUT2D eigenvalue weighted by molar-refractivity contribution is 5.42. The summed E-state index contributed by atoms with van der Waals surface area (Å²) in [6, 6.07) is 3.95. The van der Waals surface area contributed by atoms with Crippen molar-refractivity contribution >= 4 is 0 Å². The Morgan fingerprint density at radius 1 is 1.27 bits per heavy atom. The molecule has 0 aliphatic carbocycles. The second-order valence-electron chi connectivity index (χ2n) is 3.98. The third-order valence-corrected chi connectivity index (χ3v) is 2.70. The van der Waals surface area contributed by atoms with E-state index in [0.717, 1.165) is 35.3 Å². The summed E-state index contributed by atoms with van der Waals surface area (Å²) in [6.07, 6.45) is 1.46. The fourth-order valence-corrected chi connectivity index (χ4v) is 2.00. The Hall–Kier alpha value is -1.02. The molecule has 84 valence electrons. The van der Waals surface area contributed by atoms with Gasteiger partial charge >= 0.3 is 0 Å². The first-order valence-electron chi connectivity index (χ1n) is 5.43. The van der Waals surface area contributed by atoms with Gasteiger partial charge in [0.2, 0.25) is 0 Å². The van der Waals surface area contributed by atoms with E-state index in [2.05, 4.69) is 6.92 Å². The molecule has 1 N–H and O–H groups in total. The smallest absolute Gasteiger partial charge is 0.119 e. The molecule has 1 rings (SSSR count). The average molecular weight is 208 g/mol. The zero-order chi connectivity index (χ0) is 11.4. The highest BCUT2D eigenvalue weighted by Gasteiger charge is 2.13. The number of aliphatic hydroxyl groups excluding tert-OH is 1. The Kier molecular flexibility index (Phi) is 4.15. The van der Waals surface area contributed by atoms with Gasteiger partial charge < -0.3 is 9.84 Å². The van der Waals surface area contributed by atoms with Crippen LogP contribution in [0.15, 0.2) is 12.1 Å². The monoisotopic (exact) mass is 208 g/mol.